The zero-order chi connectivity index (χ0) is 12.0. The molecule has 1 heteroatoms. The van der Waals surface area contributed by atoms with Gasteiger partial charge in [-0.15, -0.1) is 0 Å². The quantitative estimate of drug-likeness (QED) is 0.765. The lowest BCUT2D eigenvalue weighted by molar-refractivity contribution is 0.581. The van der Waals surface area contributed by atoms with Crippen molar-refractivity contribution in [3.63, 3.8) is 0 Å². The monoisotopic (exact) mass is 219 g/mol. The minimum Gasteiger partial charge on any atom is -0.320 e. The van der Waals surface area contributed by atoms with Crippen molar-refractivity contribution in [3.8, 4) is 0 Å². The summed E-state index contributed by atoms with van der Waals surface area (Å²) < 4.78 is 0. The standard InChI is InChI=1S/C15H25N/c1-5-13(10-11-16-4)15-8-6-14(7-9-15)12(2)3/h6-9,12-13,16H,5,10-11H2,1-4H3. The Morgan fingerprint density at radius 3 is 2.06 bits per heavy atom. The minimum absolute atomic E-state index is 0.631. The lowest BCUT2D eigenvalue weighted by Gasteiger charge is -2.16. The average Bonchev–Trinajstić information content (AvgIpc) is 2.30. The molecule has 0 spiro atoms. The van der Waals surface area contributed by atoms with E-state index in [4.69, 9.17) is 0 Å². The molecule has 0 saturated carbocycles. The highest BCUT2D eigenvalue weighted by Gasteiger charge is 2.08. The molecule has 0 radical (unpaired) electrons. The molecule has 0 heterocycles. The van der Waals surface area contributed by atoms with E-state index in [1.165, 1.54) is 24.0 Å². The van der Waals surface area contributed by atoms with Crippen LogP contribution >= 0.6 is 0 Å². The van der Waals surface area contributed by atoms with E-state index >= 15 is 0 Å². The summed E-state index contributed by atoms with van der Waals surface area (Å²) in [5, 5.41) is 3.23. The van der Waals surface area contributed by atoms with Gasteiger partial charge in [0.15, 0.2) is 0 Å². The summed E-state index contributed by atoms with van der Waals surface area (Å²) in [6, 6.07) is 9.17. The Morgan fingerprint density at radius 1 is 1.06 bits per heavy atom. The first-order valence-corrected chi connectivity index (χ1v) is 6.43. The van der Waals surface area contributed by atoms with E-state index in [0.29, 0.717) is 11.8 Å². The molecule has 90 valence electrons. The van der Waals surface area contributed by atoms with Gasteiger partial charge < -0.3 is 5.32 Å². The van der Waals surface area contributed by atoms with Crippen LogP contribution in [0.2, 0.25) is 0 Å². The van der Waals surface area contributed by atoms with E-state index in [-0.39, 0.29) is 0 Å². The molecular weight excluding hydrogens is 194 g/mol. The van der Waals surface area contributed by atoms with Crippen molar-refractivity contribution in [2.24, 2.45) is 0 Å². The van der Waals surface area contributed by atoms with Crippen LogP contribution in [0.1, 0.15) is 56.6 Å². The van der Waals surface area contributed by atoms with Crippen LogP contribution in [0.3, 0.4) is 0 Å². The first-order chi connectivity index (χ1) is 7.69. The van der Waals surface area contributed by atoms with Crippen LogP contribution in [0.4, 0.5) is 0 Å². The maximum Gasteiger partial charge on any atom is -0.00461 e. The summed E-state index contributed by atoms with van der Waals surface area (Å²) in [4.78, 5) is 0. The number of nitrogens with one attached hydrogen (secondary N) is 1. The summed E-state index contributed by atoms with van der Waals surface area (Å²) in [5.41, 5.74) is 2.93. The molecule has 0 aliphatic rings. The molecule has 1 unspecified atom stereocenters. The number of benzene rings is 1. The second-order valence-electron chi connectivity index (χ2n) is 4.82. The van der Waals surface area contributed by atoms with Gasteiger partial charge in [0.2, 0.25) is 0 Å². The number of rotatable bonds is 6. The van der Waals surface area contributed by atoms with Crippen molar-refractivity contribution < 1.29 is 0 Å². The SMILES string of the molecule is CCC(CCNC)c1ccc(C(C)C)cc1. The van der Waals surface area contributed by atoms with E-state index in [9.17, 15) is 0 Å². The Bertz CT molecular complexity index is 287. The van der Waals surface area contributed by atoms with Gasteiger partial charge in [0.25, 0.3) is 0 Å². The minimum atomic E-state index is 0.631. The van der Waals surface area contributed by atoms with Crippen molar-refractivity contribution in [2.75, 3.05) is 13.6 Å². The second kappa shape index (κ2) is 6.70. The van der Waals surface area contributed by atoms with Crippen LogP contribution in [0, 0.1) is 0 Å². The molecule has 1 aromatic carbocycles. The number of hydrogen-bond acceptors (Lipinski definition) is 1. The Kier molecular flexibility index (Phi) is 5.54. The average molecular weight is 219 g/mol. The van der Waals surface area contributed by atoms with Crippen LogP contribution in [0.25, 0.3) is 0 Å². The van der Waals surface area contributed by atoms with Crippen LogP contribution in [-0.2, 0) is 0 Å². The highest BCUT2D eigenvalue weighted by Crippen LogP contribution is 2.24. The molecule has 0 amide bonds. The zero-order valence-corrected chi connectivity index (χ0v) is 11.1. The van der Waals surface area contributed by atoms with E-state index in [2.05, 4.69) is 50.4 Å². The topological polar surface area (TPSA) is 12.0 Å². The largest absolute Gasteiger partial charge is 0.320 e. The molecule has 0 aromatic heterocycles. The molecule has 1 N–H and O–H groups in total. The van der Waals surface area contributed by atoms with E-state index < -0.39 is 0 Å². The summed E-state index contributed by atoms with van der Waals surface area (Å²) >= 11 is 0. The van der Waals surface area contributed by atoms with Crippen molar-refractivity contribution >= 4 is 0 Å². The maximum atomic E-state index is 3.23. The smallest absolute Gasteiger partial charge is 0.00461 e. The molecule has 1 nitrogen and oxygen atoms in total. The van der Waals surface area contributed by atoms with Gasteiger partial charge >= 0.3 is 0 Å². The van der Waals surface area contributed by atoms with E-state index in [1.807, 2.05) is 7.05 Å². The van der Waals surface area contributed by atoms with Crippen LogP contribution in [0.5, 0.6) is 0 Å². The first kappa shape index (κ1) is 13.2. The van der Waals surface area contributed by atoms with Gasteiger partial charge in [0.05, 0.1) is 0 Å². The lowest BCUT2D eigenvalue weighted by atomic mass is 9.91. The predicted octanol–water partition coefficient (Wildman–Crippen LogP) is 3.91. The first-order valence-electron chi connectivity index (χ1n) is 6.43. The molecular formula is C15H25N. The molecule has 1 rings (SSSR count). The fraction of sp³-hybridized carbons (Fsp3) is 0.600. The van der Waals surface area contributed by atoms with Crippen molar-refractivity contribution in [2.45, 2.75) is 45.4 Å². The maximum absolute atomic E-state index is 3.23. The van der Waals surface area contributed by atoms with Crippen molar-refractivity contribution in [1.29, 1.82) is 0 Å². The van der Waals surface area contributed by atoms with Crippen LogP contribution in [-0.4, -0.2) is 13.6 Å². The van der Waals surface area contributed by atoms with Crippen molar-refractivity contribution in [3.05, 3.63) is 35.4 Å². The summed E-state index contributed by atoms with van der Waals surface area (Å²) in [5.74, 6) is 1.33. The Hall–Kier alpha value is -0.820. The van der Waals surface area contributed by atoms with E-state index in [0.717, 1.165) is 6.54 Å². The summed E-state index contributed by atoms with van der Waals surface area (Å²) in [6.45, 7) is 7.86. The predicted molar refractivity (Wildman–Crippen MR) is 72.1 cm³/mol. The molecule has 0 saturated heterocycles. The van der Waals surface area contributed by atoms with Gasteiger partial charge in [0.1, 0.15) is 0 Å². The second-order valence-corrected chi connectivity index (χ2v) is 4.82. The highest BCUT2D eigenvalue weighted by atomic mass is 14.8. The molecule has 0 bridgehead atoms. The van der Waals surface area contributed by atoms with Gasteiger partial charge in [0, 0.05) is 0 Å². The Balaban J connectivity index is 2.70. The van der Waals surface area contributed by atoms with Gasteiger partial charge in [-0.3, -0.25) is 0 Å². The van der Waals surface area contributed by atoms with Crippen LogP contribution < -0.4 is 5.32 Å². The van der Waals surface area contributed by atoms with Crippen molar-refractivity contribution in [1.82, 2.24) is 5.32 Å². The van der Waals surface area contributed by atoms with Gasteiger partial charge in [-0.2, -0.15) is 0 Å². The zero-order valence-electron chi connectivity index (χ0n) is 11.1. The fourth-order valence-electron chi connectivity index (χ4n) is 2.08. The molecule has 0 fully saturated rings. The summed E-state index contributed by atoms with van der Waals surface area (Å²) in [7, 11) is 2.02. The van der Waals surface area contributed by atoms with E-state index in [1.54, 1.807) is 0 Å². The normalized spacial score (nSPS) is 13.1. The fourth-order valence-corrected chi connectivity index (χ4v) is 2.08. The third-order valence-corrected chi connectivity index (χ3v) is 3.31. The van der Waals surface area contributed by atoms with Gasteiger partial charge in [-0.1, -0.05) is 45.0 Å². The van der Waals surface area contributed by atoms with Gasteiger partial charge in [-0.25, -0.2) is 0 Å². The molecule has 1 aromatic rings. The van der Waals surface area contributed by atoms with Gasteiger partial charge in [-0.05, 0) is 49.4 Å². The molecule has 0 aliphatic heterocycles. The van der Waals surface area contributed by atoms with Crippen LogP contribution in [0.15, 0.2) is 24.3 Å². The lowest BCUT2D eigenvalue weighted by Crippen LogP contribution is -2.11. The Labute approximate surface area is 100 Å². The molecule has 1 atom stereocenters. The third kappa shape index (κ3) is 3.64. The number of hydrogen-bond donors (Lipinski definition) is 1. The molecule has 16 heavy (non-hydrogen) atoms. The third-order valence-electron chi connectivity index (χ3n) is 3.31. The highest BCUT2D eigenvalue weighted by molar-refractivity contribution is 5.27. The Morgan fingerprint density at radius 2 is 1.62 bits per heavy atom. The molecule has 0 aliphatic carbocycles. The summed E-state index contributed by atoms with van der Waals surface area (Å²) in [6.07, 6.45) is 2.46.